The molecule has 2 rings (SSSR count). The van der Waals surface area contributed by atoms with Gasteiger partial charge in [-0.05, 0) is 44.7 Å². The van der Waals surface area contributed by atoms with Gasteiger partial charge in [-0.25, -0.2) is 0 Å². The Kier molecular flexibility index (Phi) is 3.88. The quantitative estimate of drug-likeness (QED) is 0.887. The third kappa shape index (κ3) is 2.83. The highest BCUT2D eigenvalue weighted by Crippen LogP contribution is 2.32. The molecule has 0 amide bonds. The molecular weight excluding hydrogens is 224 g/mol. The van der Waals surface area contributed by atoms with Crippen molar-refractivity contribution < 1.29 is 4.74 Å². The molecule has 3 nitrogen and oxygen atoms in total. The minimum Gasteiger partial charge on any atom is -0.381 e. The molecule has 96 valence electrons. The molecular formula is C15H20N2O. The van der Waals surface area contributed by atoms with Crippen molar-refractivity contribution in [2.75, 3.05) is 12.4 Å². The number of nitriles is 1. The fourth-order valence-corrected chi connectivity index (χ4v) is 2.50. The molecule has 0 aliphatic heterocycles. The van der Waals surface area contributed by atoms with Gasteiger partial charge < -0.3 is 10.1 Å². The van der Waals surface area contributed by atoms with Gasteiger partial charge in [-0.2, -0.15) is 5.26 Å². The Hall–Kier alpha value is -1.53. The van der Waals surface area contributed by atoms with Gasteiger partial charge in [0.2, 0.25) is 0 Å². The smallest absolute Gasteiger partial charge is 0.125 e. The average molecular weight is 244 g/mol. The van der Waals surface area contributed by atoms with E-state index in [9.17, 15) is 5.26 Å². The number of nitrogens with one attached hydrogen (secondary N) is 1. The van der Waals surface area contributed by atoms with Crippen LogP contribution in [0.25, 0.3) is 0 Å². The van der Waals surface area contributed by atoms with Gasteiger partial charge in [0.25, 0.3) is 0 Å². The highest BCUT2D eigenvalue weighted by Gasteiger charge is 2.35. The minimum absolute atomic E-state index is 0.311. The highest BCUT2D eigenvalue weighted by atomic mass is 16.5. The van der Waals surface area contributed by atoms with E-state index in [-0.39, 0.29) is 0 Å². The zero-order chi connectivity index (χ0) is 13.0. The Morgan fingerprint density at radius 2 is 1.89 bits per heavy atom. The van der Waals surface area contributed by atoms with Crippen LogP contribution in [-0.2, 0) is 4.74 Å². The number of methoxy groups -OCH3 is 1. The van der Waals surface area contributed by atoms with Gasteiger partial charge >= 0.3 is 0 Å². The first kappa shape index (κ1) is 12.9. The van der Waals surface area contributed by atoms with E-state index in [4.69, 9.17) is 4.74 Å². The van der Waals surface area contributed by atoms with Crippen LogP contribution in [-0.4, -0.2) is 18.8 Å². The van der Waals surface area contributed by atoms with E-state index in [2.05, 4.69) is 30.4 Å². The van der Waals surface area contributed by atoms with E-state index >= 15 is 0 Å². The number of aryl methyl sites for hydroxylation is 1. The van der Waals surface area contributed by atoms with Gasteiger partial charge in [0.15, 0.2) is 0 Å². The van der Waals surface area contributed by atoms with Gasteiger partial charge in [-0.15, -0.1) is 0 Å². The van der Waals surface area contributed by atoms with Crippen molar-refractivity contribution in [3.63, 3.8) is 0 Å². The van der Waals surface area contributed by atoms with Crippen molar-refractivity contribution in [3.05, 3.63) is 29.8 Å². The standard InChI is InChI=1S/C15H20N2O/c1-12-3-5-13(6-4-12)17-15(11-16)9-7-14(18-2)8-10-15/h3-6,14,17H,7-10H2,1-2H3. The van der Waals surface area contributed by atoms with Crippen LogP contribution in [0.3, 0.4) is 0 Å². The van der Waals surface area contributed by atoms with Gasteiger partial charge in [-0.1, -0.05) is 17.7 Å². The summed E-state index contributed by atoms with van der Waals surface area (Å²) in [6, 6.07) is 10.7. The molecule has 1 aliphatic rings. The van der Waals surface area contributed by atoms with Gasteiger partial charge in [0.1, 0.15) is 5.54 Å². The molecule has 1 N–H and O–H groups in total. The molecule has 0 unspecified atom stereocenters. The van der Waals surface area contributed by atoms with Crippen molar-refractivity contribution in [2.45, 2.75) is 44.2 Å². The summed E-state index contributed by atoms with van der Waals surface area (Å²) in [6.45, 7) is 2.06. The molecule has 1 fully saturated rings. The highest BCUT2D eigenvalue weighted by molar-refractivity contribution is 5.48. The lowest BCUT2D eigenvalue weighted by molar-refractivity contribution is 0.0612. The van der Waals surface area contributed by atoms with Crippen LogP contribution in [0.4, 0.5) is 5.69 Å². The maximum absolute atomic E-state index is 9.46. The SMILES string of the molecule is COC1CCC(C#N)(Nc2ccc(C)cc2)CC1. The van der Waals surface area contributed by atoms with Crippen molar-refractivity contribution in [1.29, 1.82) is 5.26 Å². The number of hydrogen-bond donors (Lipinski definition) is 1. The van der Waals surface area contributed by atoms with Crippen LogP contribution in [0, 0.1) is 18.3 Å². The summed E-state index contributed by atoms with van der Waals surface area (Å²) >= 11 is 0. The third-order valence-electron chi connectivity index (χ3n) is 3.77. The Balaban J connectivity index is 2.06. The van der Waals surface area contributed by atoms with Crippen LogP contribution in [0.2, 0.25) is 0 Å². The molecule has 0 spiro atoms. The zero-order valence-corrected chi connectivity index (χ0v) is 11.1. The molecule has 3 heteroatoms. The van der Waals surface area contributed by atoms with Crippen LogP contribution >= 0.6 is 0 Å². The Labute approximate surface area is 109 Å². The fraction of sp³-hybridized carbons (Fsp3) is 0.533. The Morgan fingerprint density at radius 1 is 1.28 bits per heavy atom. The van der Waals surface area contributed by atoms with E-state index in [0.29, 0.717) is 6.10 Å². The molecule has 0 heterocycles. The minimum atomic E-state index is -0.426. The maximum Gasteiger partial charge on any atom is 0.125 e. The Morgan fingerprint density at radius 3 is 2.39 bits per heavy atom. The number of hydrogen-bond acceptors (Lipinski definition) is 3. The summed E-state index contributed by atoms with van der Waals surface area (Å²) in [5.74, 6) is 0. The predicted octanol–water partition coefficient (Wildman–Crippen LogP) is 3.26. The molecule has 1 aliphatic carbocycles. The lowest BCUT2D eigenvalue weighted by Gasteiger charge is -2.35. The summed E-state index contributed by atoms with van der Waals surface area (Å²) in [4.78, 5) is 0. The number of rotatable bonds is 3. The monoisotopic (exact) mass is 244 g/mol. The van der Waals surface area contributed by atoms with Gasteiger partial charge in [0.05, 0.1) is 12.2 Å². The van der Waals surface area contributed by atoms with E-state index in [1.165, 1.54) is 5.56 Å². The summed E-state index contributed by atoms with van der Waals surface area (Å²) in [6.07, 6.45) is 3.89. The lowest BCUT2D eigenvalue weighted by atomic mass is 9.81. The first-order valence-electron chi connectivity index (χ1n) is 6.46. The molecule has 18 heavy (non-hydrogen) atoms. The largest absolute Gasteiger partial charge is 0.381 e. The molecule has 0 atom stereocenters. The molecule has 0 aromatic heterocycles. The summed E-state index contributed by atoms with van der Waals surface area (Å²) in [5.41, 5.74) is 1.83. The lowest BCUT2D eigenvalue weighted by Crippen LogP contribution is -2.42. The number of ether oxygens (including phenoxy) is 1. The summed E-state index contributed by atoms with van der Waals surface area (Å²) in [7, 11) is 1.75. The number of anilines is 1. The molecule has 1 aromatic carbocycles. The molecule has 1 aromatic rings. The van der Waals surface area contributed by atoms with Crippen molar-refractivity contribution in [1.82, 2.24) is 0 Å². The molecule has 0 saturated heterocycles. The predicted molar refractivity (Wildman–Crippen MR) is 72.4 cm³/mol. The summed E-state index contributed by atoms with van der Waals surface area (Å²) in [5, 5.41) is 12.9. The van der Waals surface area contributed by atoms with Crippen LogP contribution in [0.15, 0.2) is 24.3 Å². The average Bonchev–Trinajstić information content (AvgIpc) is 2.42. The number of benzene rings is 1. The Bertz CT molecular complexity index is 425. The van der Waals surface area contributed by atoms with Gasteiger partial charge in [-0.3, -0.25) is 0 Å². The second-order valence-corrected chi connectivity index (χ2v) is 5.12. The molecule has 0 radical (unpaired) electrons. The normalized spacial score (nSPS) is 27.5. The second kappa shape index (κ2) is 5.41. The van der Waals surface area contributed by atoms with Crippen molar-refractivity contribution in [3.8, 4) is 6.07 Å². The van der Waals surface area contributed by atoms with E-state index in [0.717, 1.165) is 31.4 Å². The van der Waals surface area contributed by atoms with E-state index in [1.54, 1.807) is 7.11 Å². The number of nitrogens with zero attached hydrogens (tertiary/aromatic N) is 1. The first-order chi connectivity index (χ1) is 8.67. The summed E-state index contributed by atoms with van der Waals surface area (Å²) < 4.78 is 5.36. The molecule has 0 bridgehead atoms. The van der Waals surface area contributed by atoms with Crippen LogP contribution in [0.1, 0.15) is 31.2 Å². The second-order valence-electron chi connectivity index (χ2n) is 5.12. The van der Waals surface area contributed by atoms with Crippen LogP contribution < -0.4 is 5.32 Å². The van der Waals surface area contributed by atoms with Crippen molar-refractivity contribution in [2.24, 2.45) is 0 Å². The van der Waals surface area contributed by atoms with Crippen molar-refractivity contribution >= 4 is 5.69 Å². The van der Waals surface area contributed by atoms with E-state index < -0.39 is 5.54 Å². The topological polar surface area (TPSA) is 45.0 Å². The van der Waals surface area contributed by atoms with E-state index in [1.807, 2.05) is 12.1 Å². The van der Waals surface area contributed by atoms with Gasteiger partial charge in [0, 0.05) is 12.8 Å². The molecule has 1 saturated carbocycles. The maximum atomic E-state index is 9.46. The van der Waals surface area contributed by atoms with Crippen LogP contribution in [0.5, 0.6) is 0 Å². The third-order valence-corrected chi connectivity index (χ3v) is 3.77. The fourth-order valence-electron chi connectivity index (χ4n) is 2.50. The zero-order valence-electron chi connectivity index (χ0n) is 11.1. The first-order valence-corrected chi connectivity index (χ1v) is 6.46.